The normalized spacial score (nSPS) is 15.4. The molecule has 1 heterocycles. The Morgan fingerprint density at radius 1 is 0.794 bits per heavy atom. The van der Waals surface area contributed by atoms with Gasteiger partial charge in [-0.05, 0) is 35.9 Å². The summed E-state index contributed by atoms with van der Waals surface area (Å²) in [6, 6.07) is 27.3. The van der Waals surface area contributed by atoms with Crippen LogP contribution in [-0.2, 0) is 4.79 Å². The highest BCUT2D eigenvalue weighted by molar-refractivity contribution is 5.96. The lowest BCUT2D eigenvalue weighted by atomic mass is 10.0. The SMILES string of the molecule is CN1CCN(CC(NC(=O)CNC(=O)c2ccc(-c3ccccc3)cc2)c2ccccc2)CC1. The van der Waals surface area contributed by atoms with Crippen molar-refractivity contribution in [2.45, 2.75) is 6.04 Å². The third-order valence-electron chi connectivity index (χ3n) is 6.24. The maximum atomic E-state index is 12.7. The summed E-state index contributed by atoms with van der Waals surface area (Å²) in [5, 5.41) is 5.87. The Labute approximate surface area is 201 Å². The summed E-state index contributed by atoms with van der Waals surface area (Å²) in [5.74, 6) is -0.456. The van der Waals surface area contributed by atoms with Gasteiger partial charge in [0.25, 0.3) is 5.91 Å². The Hall–Kier alpha value is -3.48. The molecule has 4 rings (SSSR count). The standard InChI is InChI=1S/C28H32N4O2/c1-31-16-18-32(19-17-31)21-26(24-10-6-3-7-11-24)30-27(33)20-29-28(34)25-14-12-23(13-15-25)22-8-4-2-5-9-22/h2-15,26H,16-21H2,1H3,(H,29,34)(H,30,33). The highest BCUT2D eigenvalue weighted by atomic mass is 16.2. The molecule has 6 heteroatoms. The number of benzene rings is 3. The maximum absolute atomic E-state index is 12.7. The number of hydrogen-bond acceptors (Lipinski definition) is 4. The highest BCUT2D eigenvalue weighted by Crippen LogP contribution is 2.19. The van der Waals surface area contributed by atoms with Gasteiger partial charge in [-0.1, -0.05) is 72.8 Å². The van der Waals surface area contributed by atoms with Gasteiger partial charge < -0.3 is 15.5 Å². The summed E-state index contributed by atoms with van der Waals surface area (Å²) in [5.41, 5.74) is 3.74. The summed E-state index contributed by atoms with van der Waals surface area (Å²) in [4.78, 5) is 30.0. The largest absolute Gasteiger partial charge is 0.346 e. The molecule has 0 aromatic heterocycles. The van der Waals surface area contributed by atoms with E-state index in [-0.39, 0.29) is 24.4 Å². The van der Waals surface area contributed by atoms with Gasteiger partial charge in [0, 0.05) is 38.3 Å². The molecule has 0 radical (unpaired) electrons. The van der Waals surface area contributed by atoms with E-state index < -0.39 is 0 Å². The topological polar surface area (TPSA) is 64.7 Å². The van der Waals surface area contributed by atoms with Crippen LogP contribution in [-0.4, -0.2) is 67.9 Å². The average Bonchev–Trinajstić information content (AvgIpc) is 2.89. The maximum Gasteiger partial charge on any atom is 0.251 e. The van der Waals surface area contributed by atoms with Crippen molar-refractivity contribution in [2.24, 2.45) is 0 Å². The fourth-order valence-electron chi connectivity index (χ4n) is 4.16. The third kappa shape index (κ3) is 6.53. The lowest BCUT2D eigenvalue weighted by Crippen LogP contribution is -2.48. The monoisotopic (exact) mass is 456 g/mol. The first-order valence-electron chi connectivity index (χ1n) is 11.8. The van der Waals surface area contributed by atoms with Crippen molar-refractivity contribution in [1.29, 1.82) is 0 Å². The van der Waals surface area contributed by atoms with Crippen molar-refractivity contribution in [3.63, 3.8) is 0 Å². The number of hydrogen-bond donors (Lipinski definition) is 2. The Kier molecular flexibility index (Phi) is 8.07. The van der Waals surface area contributed by atoms with Crippen molar-refractivity contribution in [3.05, 3.63) is 96.1 Å². The summed E-state index contributed by atoms with van der Waals surface area (Å²) in [6.45, 7) is 4.68. The van der Waals surface area contributed by atoms with Gasteiger partial charge in [-0.25, -0.2) is 0 Å². The number of carbonyl (C=O) groups is 2. The van der Waals surface area contributed by atoms with E-state index in [0.717, 1.165) is 49.4 Å². The second kappa shape index (κ2) is 11.6. The minimum absolute atomic E-state index is 0.0641. The lowest BCUT2D eigenvalue weighted by molar-refractivity contribution is -0.121. The molecular formula is C28H32N4O2. The predicted molar refractivity (Wildman–Crippen MR) is 135 cm³/mol. The van der Waals surface area contributed by atoms with E-state index in [4.69, 9.17) is 0 Å². The first-order valence-corrected chi connectivity index (χ1v) is 11.8. The molecule has 0 aliphatic carbocycles. The van der Waals surface area contributed by atoms with Gasteiger partial charge in [0.05, 0.1) is 12.6 Å². The summed E-state index contributed by atoms with van der Waals surface area (Å²) >= 11 is 0. The van der Waals surface area contributed by atoms with Gasteiger partial charge in [0.2, 0.25) is 5.91 Å². The van der Waals surface area contributed by atoms with E-state index >= 15 is 0 Å². The van der Waals surface area contributed by atoms with E-state index in [0.29, 0.717) is 5.56 Å². The number of piperazine rings is 1. The molecule has 3 aromatic carbocycles. The van der Waals surface area contributed by atoms with Crippen LogP contribution in [0.4, 0.5) is 0 Å². The van der Waals surface area contributed by atoms with Crippen LogP contribution >= 0.6 is 0 Å². The third-order valence-corrected chi connectivity index (χ3v) is 6.24. The number of likely N-dealkylation sites (N-methyl/N-ethyl adjacent to an activating group) is 1. The molecule has 34 heavy (non-hydrogen) atoms. The van der Waals surface area contributed by atoms with Crippen LogP contribution in [0.1, 0.15) is 22.0 Å². The minimum atomic E-state index is -0.259. The lowest BCUT2D eigenvalue weighted by Gasteiger charge is -2.35. The molecule has 0 bridgehead atoms. The summed E-state index contributed by atoms with van der Waals surface area (Å²) in [7, 11) is 2.13. The quantitative estimate of drug-likeness (QED) is 0.547. The molecule has 1 saturated heterocycles. The molecular weight excluding hydrogens is 424 g/mol. The molecule has 1 aliphatic rings. The van der Waals surface area contributed by atoms with Gasteiger partial charge >= 0.3 is 0 Å². The average molecular weight is 457 g/mol. The molecule has 176 valence electrons. The van der Waals surface area contributed by atoms with Gasteiger partial charge in [-0.2, -0.15) is 0 Å². The Bertz CT molecular complexity index is 1060. The van der Waals surface area contributed by atoms with E-state index in [1.54, 1.807) is 12.1 Å². The van der Waals surface area contributed by atoms with Gasteiger partial charge in [0.1, 0.15) is 0 Å². The van der Waals surface area contributed by atoms with Crippen LogP contribution in [0.3, 0.4) is 0 Å². The Balaban J connectivity index is 1.32. The molecule has 1 aliphatic heterocycles. The van der Waals surface area contributed by atoms with Crippen molar-refractivity contribution < 1.29 is 9.59 Å². The first-order chi connectivity index (χ1) is 16.6. The van der Waals surface area contributed by atoms with Crippen molar-refractivity contribution >= 4 is 11.8 Å². The predicted octanol–water partition coefficient (Wildman–Crippen LogP) is 3.19. The first kappa shape index (κ1) is 23.7. The highest BCUT2D eigenvalue weighted by Gasteiger charge is 2.21. The van der Waals surface area contributed by atoms with E-state index in [1.807, 2.05) is 72.8 Å². The summed E-state index contributed by atoms with van der Waals surface area (Å²) < 4.78 is 0. The molecule has 6 nitrogen and oxygen atoms in total. The number of carbonyl (C=O) groups excluding carboxylic acids is 2. The fraction of sp³-hybridized carbons (Fsp3) is 0.286. The van der Waals surface area contributed by atoms with Crippen LogP contribution in [0.5, 0.6) is 0 Å². The molecule has 2 N–H and O–H groups in total. The molecule has 1 fully saturated rings. The molecule has 1 atom stereocenters. The zero-order valence-electron chi connectivity index (χ0n) is 19.6. The van der Waals surface area contributed by atoms with Crippen LogP contribution in [0.25, 0.3) is 11.1 Å². The fourth-order valence-corrected chi connectivity index (χ4v) is 4.16. The van der Waals surface area contributed by atoms with Gasteiger partial charge in [0.15, 0.2) is 0 Å². The molecule has 2 amide bonds. The van der Waals surface area contributed by atoms with E-state index in [1.165, 1.54) is 0 Å². The van der Waals surface area contributed by atoms with Crippen LogP contribution < -0.4 is 10.6 Å². The second-order valence-electron chi connectivity index (χ2n) is 8.76. The number of amides is 2. The van der Waals surface area contributed by atoms with Crippen molar-refractivity contribution in [2.75, 3.05) is 46.3 Å². The number of nitrogens with zero attached hydrogens (tertiary/aromatic N) is 2. The van der Waals surface area contributed by atoms with Gasteiger partial charge in [-0.3, -0.25) is 14.5 Å². The Morgan fingerprint density at radius 2 is 1.38 bits per heavy atom. The van der Waals surface area contributed by atoms with Crippen LogP contribution in [0.15, 0.2) is 84.9 Å². The number of rotatable bonds is 8. The van der Waals surface area contributed by atoms with E-state index in [2.05, 4.69) is 27.5 Å². The van der Waals surface area contributed by atoms with Crippen LogP contribution in [0, 0.1) is 0 Å². The van der Waals surface area contributed by atoms with Crippen LogP contribution in [0.2, 0.25) is 0 Å². The second-order valence-corrected chi connectivity index (χ2v) is 8.76. The van der Waals surface area contributed by atoms with E-state index in [9.17, 15) is 9.59 Å². The molecule has 0 spiro atoms. The summed E-state index contributed by atoms with van der Waals surface area (Å²) in [6.07, 6.45) is 0. The van der Waals surface area contributed by atoms with Crippen molar-refractivity contribution in [1.82, 2.24) is 20.4 Å². The minimum Gasteiger partial charge on any atom is -0.346 e. The zero-order chi connectivity index (χ0) is 23.8. The Morgan fingerprint density at radius 3 is 2.03 bits per heavy atom. The van der Waals surface area contributed by atoms with Crippen molar-refractivity contribution in [3.8, 4) is 11.1 Å². The smallest absolute Gasteiger partial charge is 0.251 e. The molecule has 3 aromatic rings. The number of nitrogens with one attached hydrogen (secondary N) is 2. The van der Waals surface area contributed by atoms with Gasteiger partial charge in [-0.15, -0.1) is 0 Å². The zero-order valence-corrected chi connectivity index (χ0v) is 19.6. The molecule has 0 saturated carbocycles. The molecule has 1 unspecified atom stereocenters.